The van der Waals surface area contributed by atoms with Crippen molar-refractivity contribution in [2.24, 2.45) is 0 Å². The van der Waals surface area contributed by atoms with Gasteiger partial charge in [0.2, 0.25) is 11.9 Å². The molecule has 3 heterocycles. The molecule has 3 aromatic heterocycles. The summed E-state index contributed by atoms with van der Waals surface area (Å²) in [5.74, 6) is 7.05. The Balaban J connectivity index is 1.73. The predicted molar refractivity (Wildman–Crippen MR) is 111 cm³/mol. The van der Waals surface area contributed by atoms with Gasteiger partial charge in [0.05, 0.1) is 29.2 Å². The third kappa shape index (κ3) is 3.70. The molecule has 0 saturated carbocycles. The maximum Gasteiger partial charge on any atom is 0.240 e. The summed E-state index contributed by atoms with van der Waals surface area (Å²) in [6, 6.07) is 7.56. The van der Waals surface area contributed by atoms with Gasteiger partial charge in [-0.3, -0.25) is 4.57 Å². The number of aromatic nitrogens is 6. The number of aliphatic hydroxyl groups is 1. The van der Waals surface area contributed by atoms with Crippen LogP contribution in [0.2, 0.25) is 0 Å². The molecule has 0 aliphatic rings. The van der Waals surface area contributed by atoms with E-state index in [4.69, 9.17) is 11.0 Å². The molecule has 30 heavy (non-hydrogen) atoms. The highest BCUT2D eigenvalue weighted by molar-refractivity contribution is 7.09. The van der Waals surface area contributed by atoms with Crippen molar-refractivity contribution in [3.8, 4) is 23.9 Å². The number of fused-ring (bicyclic) bond motifs is 1. The Bertz CT molecular complexity index is 1350. The molecule has 0 spiro atoms. The second kappa shape index (κ2) is 7.52. The Labute approximate surface area is 175 Å². The number of rotatable bonds is 3. The van der Waals surface area contributed by atoms with E-state index in [1.54, 1.807) is 16.9 Å². The van der Waals surface area contributed by atoms with Gasteiger partial charge in [0, 0.05) is 10.9 Å². The Morgan fingerprint density at radius 3 is 2.87 bits per heavy atom. The topological polar surface area (TPSA) is 139 Å². The van der Waals surface area contributed by atoms with Crippen molar-refractivity contribution in [1.82, 2.24) is 29.5 Å². The van der Waals surface area contributed by atoms with Crippen molar-refractivity contribution in [2.45, 2.75) is 25.9 Å². The van der Waals surface area contributed by atoms with Crippen LogP contribution in [0, 0.1) is 30.1 Å². The summed E-state index contributed by atoms with van der Waals surface area (Å²) < 4.78 is 1.77. The summed E-state index contributed by atoms with van der Waals surface area (Å²) in [7, 11) is 0. The highest BCUT2D eigenvalue weighted by Gasteiger charge is 2.24. The van der Waals surface area contributed by atoms with E-state index < -0.39 is 5.60 Å². The van der Waals surface area contributed by atoms with Crippen LogP contribution in [0.5, 0.6) is 0 Å². The number of benzene rings is 1. The van der Waals surface area contributed by atoms with Gasteiger partial charge < -0.3 is 10.8 Å². The molecule has 4 aromatic rings. The normalized spacial score (nSPS) is 12.7. The molecule has 0 amide bonds. The van der Waals surface area contributed by atoms with Crippen LogP contribution < -0.4 is 5.73 Å². The lowest BCUT2D eigenvalue weighted by molar-refractivity contribution is 0.121. The molecule has 1 unspecified atom stereocenters. The van der Waals surface area contributed by atoms with Gasteiger partial charge in [-0.05, 0) is 32.0 Å². The minimum atomic E-state index is -1.44. The SMILES string of the molecule is Cc1nc2ccc(C#CC(C)(O)c3nc(CC#N)cs3)cc2n1-c1ncnc(N)n1. The highest BCUT2D eigenvalue weighted by atomic mass is 32.1. The lowest BCUT2D eigenvalue weighted by Crippen LogP contribution is -2.18. The van der Waals surface area contributed by atoms with Crippen LogP contribution >= 0.6 is 11.3 Å². The van der Waals surface area contributed by atoms with E-state index in [1.165, 1.54) is 17.7 Å². The van der Waals surface area contributed by atoms with E-state index in [-0.39, 0.29) is 12.4 Å². The largest absolute Gasteiger partial charge is 0.371 e. The average Bonchev–Trinajstić information content (AvgIpc) is 3.30. The molecule has 0 aliphatic heterocycles. The minimum absolute atomic E-state index is 0.118. The van der Waals surface area contributed by atoms with Crippen molar-refractivity contribution >= 4 is 28.3 Å². The van der Waals surface area contributed by atoms with Crippen molar-refractivity contribution in [1.29, 1.82) is 5.26 Å². The summed E-state index contributed by atoms with van der Waals surface area (Å²) in [6.07, 6.45) is 1.54. The lowest BCUT2D eigenvalue weighted by atomic mass is 10.1. The number of anilines is 1. The monoisotopic (exact) mass is 416 g/mol. The van der Waals surface area contributed by atoms with E-state index in [2.05, 4.69) is 36.8 Å². The van der Waals surface area contributed by atoms with E-state index in [0.29, 0.717) is 28.0 Å². The van der Waals surface area contributed by atoms with Crippen molar-refractivity contribution in [3.63, 3.8) is 0 Å². The number of aryl methyl sites for hydroxylation is 1. The zero-order valence-electron chi connectivity index (χ0n) is 16.2. The average molecular weight is 416 g/mol. The smallest absolute Gasteiger partial charge is 0.240 e. The van der Waals surface area contributed by atoms with Crippen LogP contribution in [0.25, 0.3) is 17.0 Å². The van der Waals surface area contributed by atoms with E-state index in [1.807, 2.05) is 31.2 Å². The zero-order chi connectivity index (χ0) is 21.3. The van der Waals surface area contributed by atoms with Crippen LogP contribution in [0.3, 0.4) is 0 Å². The van der Waals surface area contributed by atoms with E-state index >= 15 is 0 Å². The van der Waals surface area contributed by atoms with E-state index in [9.17, 15) is 5.11 Å². The molecule has 0 radical (unpaired) electrons. The second-order valence-corrected chi connectivity index (χ2v) is 7.50. The quantitative estimate of drug-likeness (QED) is 0.483. The summed E-state index contributed by atoms with van der Waals surface area (Å²) >= 11 is 1.28. The fourth-order valence-corrected chi connectivity index (χ4v) is 3.71. The van der Waals surface area contributed by atoms with Gasteiger partial charge in [-0.15, -0.1) is 11.3 Å². The maximum absolute atomic E-state index is 10.7. The Morgan fingerprint density at radius 2 is 2.10 bits per heavy atom. The van der Waals surface area contributed by atoms with Crippen LogP contribution in [0.15, 0.2) is 29.9 Å². The molecule has 3 N–H and O–H groups in total. The molecular weight excluding hydrogens is 400 g/mol. The number of nitrogens with two attached hydrogens (primary N) is 1. The first-order chi connectivity index (χ1) is 14.4. The molecule has 10 heteroatoms. The Hall–Kier alpha value is -3.86. The number of nitrogen functional groups attached to an aromatic ring is 1. The van der Waals surface area contributed by atoms with Crippen molar-refractivity contribution < 1.29 is 5.11 Å². The number of hydrogen-bond donors (Lipinski definition) is 2. The van der Waals surface area contributed by atoms with Gasteiger partial charge in [0.25, 0.3) is 0 Å². The van der Waals surface area contributed by atoms with Crippen LogP contribution in [-0.4, -0.2) is 34.6 Å². The third-order valence-electron chi connectivity index (χ3n) is 4.28. The lowest BCUT2D eigenvalue weighted by Gasteiger charge is -2.12. The predicted octanol–water partition coefficient (Wildman–Crippen LogP) is 1.88. The molecular formula is C20H16N8OS. The first-order valence-electron chi connectivity index (χ1n) is 8.89. The van der Waals surface area contributed by atoms with Crippen LogP contribution in [-0.2, 0) is 12.0 Å². The molecule has 1 atom stereocenters. The molecule has 148 valence electrons. The number of hydrogen-bond acceptors (Lipinski definition) is 9. The number of nitrogens with zero attached hydrogens (tertiary/aromatic N) is 7. The molecule has 4 rings (SSSR count). The molecule has 0 aliphatic carbocycles. The first kappa shape index (κ1) is 19.5. The maximum atomic E-state index is 10.7. The number of imidazole rings is 1. The molecule has 9 nitrogen and oxygen atoms in total. The molecule has 0 fully saturated rings. The van der Waals surface area contributed by atoms with Gasteiger partial charge in [0.15, 0.2) is 5.60 Å². The fraction of sp³-hybridized carbons (Fsp3) is 0.200. The van der Waals surface area contributed by atoms with Crippen LogP contribution in [0.1, 0.15) is 29.0 Å². The van der Waals surface area contributed by atoms with Gasteiger partial charge in [-0.25, -0.2) is 19.9 Å². The van der Waals surface area contributed by atoms with Crippen LogP contribution in [0.4, 0.5) is 5.95 Å². The fourth-order valence-electron chi connectivity index (χ4n) is 2.87. The summed E-state index contributed by atoms with van der Waals surface area (Å²) in [4.78, 5) is 21.0. The van der Waals surface area contributed by atoms with E-state index in [0.717, 1.165) is 11.0 Å². The molecule has 0 bridgehead atoms. The standard InChI is InChI=1S/C20H16N8OS/c1-12-25-15-4-3-13(9-16(15)28(12)19-24-11-23-18(22)27-19)5-7-20(2,29)17-26-14(6-8-21)10-30-17/h3-4,9-11,29H,6H2,1-2H3,(H2,22,23,24,27). The number of nitriles is 1. The third-order valence-corrected chi connectivity index (χ3v) is 5.38. The second-order valence-electron chi connectivity index (χ2n) is 6.64. The van der Waals surface area contributed by atoms with Gasteiger partial charge in [-0.2, -0.15) is 10.2 Å². The zero-order valence-corrected chi connectivity index (χ0v) is 17.0. The molecule has 0 saturated heterocycles. The van der Waals surface area contributed by atoms with Gasteiger partial charge in [0.1, 0.15) is 17.2 Å². The van der Waals surface area contributed by atoms with Crippen molar-refractivity contribution in [2.75, 3.05) is 5.73 Å². The summed E-state index contributed by atoms with van der Waals surface area (Å²) in [5.41, 5.74) is 7.07. The van der Waals surface area contributed by atoms with Crippen molar-refractivity contribution in [3.05, 3.63) is 52.0 Å². The Kier molecular flexibility index (Phi) is 4.88. The summed E-state index contributed by atoms with van der Waals surface area (Å²) in [5, 5.41) is 21.7. The number of thiazole rings is 1. The summed E-state index contributed by atoms with van der Waals surface area (Å²) in [6.45, 7) is 3.42. The highest BCUT2D eigenvalue weighted by Crippen LogP contribution is 2.25. The Morgan fingerprint density at radius 1 is 1.27 bits per heavy atom. The first-order valence-corrected chi connectivity index (χ1v) is 9.77. The minimum Gasteiger partial charge on any atom is -0.371 e. The van der Waals surface area contributed by atoms with Gasteiger partial charge >= 0.3 is 0 Å². The van der Waals surface area contributed by atoms with Gasteiger partial charge in [-0.1, -0.05) is 11.8 Å². The molecule has 1 aromatic carbocycles.